The number of anilines is 1. The van der Waals surface area contributed by atoms with Crippen LogP contribution in [0, 0.1) is 12.8 Å². The first-order chi connectivity index (χ1) is 11.2. The van der Waals surface area contributed by atoms with Gasteiger partial charge in [-0.3, -0.25) is 9.48 Å². The summed E-state index contributed by atoms with van der Waals surface area (Å²) in [4.78, 5) is 23.0. The van der Waals surface area contributed by atoms with Gasteiger partial charge in [-0.15, -0.1) is 0 Å². The van der Waals surface area contributed by atoms with E-state index in [1.54, 1.807) is 18.9 Å². The van der Waals surface area contributed by atoms with Crippen LogP contribution in [0.3, 0.4) is 0 Å². The van der Waals surface area contributed by atoms with Gasteiger partial charge in [-0.25, -0.2) is 9.97 Å². The van der Waals surface area contributed by atoms with Crippen LogP contribution in [-0.2, 0) is 11.3 Å². The lowest BCUT2D eigenvalue weighted by Gasteiger charge is -2.31. The second-order valence-corrected chi connectivity index (χ2v) is 5.96. The number of carbonyl (C=O) groups is 1. The fourth-order valence-electron chi connectivity index (χ4n) is 2.90. The number of hydrogen-bond donors (Lipinski definition) is 1. The van der Waals surface area contributed by atoms with E-state index in [0.717, 1.165) is 44.6 Å². The first kappa shape index (κ1) is 15.6. The Balaban J connectivity index is 1.53. The Bertz CT molecular complexity index is 642. The molecule has 23 heavy (non-hydrogen) atoms. The van der Waals surface area contributed by atoms with Gasteiger partial charge < -0.3 is 10.2 Å². The highest BCUT2D eigenvalue weighted by molar-refractivity contribution is 5.92. The third-order valence-electron chi connectivity index (χ3n) is 4.24. The number of pyridine rings is 1. The fourth-order valence-corrected chi connectivity index (χ4v) is 2.90. The van der Waals surface area contributed by atoms with Crippen LogP contribution in [0.15, 0.2) is 31.0 Å². The zero-order valence-electron chi connectivity index (χ0n) is 13.4. The third-order valence-corrected chi connectivity index (χ3v) is 4.24. The van der Waals surface area contributed by atoms with E-state index in [0.29, 0.717) is 5.82 Å². The first-order valence-corrected chi connectivity index (χ1v) is 7.99. The zero-order valence-corrected chi connectivity index (χ0v) is 13.4. The van der Waals surface area contributed by atoms with Gasteiger partial charge in [0.1, 0.15) is 18.5 Å². The maximum absolute atomic E-state index is 12.5. The summed E-state index contributed by atoms with van der Waals surface area (Å²) in [5, 5.41) is 7.08. The standard InChI is InChI=1S/C16H22N6O/c1-13-4-2-6-18-15(13)20-16(23)14-5-3-7-21(10-14)8-9-22-12-17-11-19-22/h2,4,6,11-12,14H,3,5,7-10H2,1H3,(H,18,20,23)/t14-/m1/s1. The monoisotopic (exact) mass is 314 g/mol. The van der Waals surface area contributed by atoms with Crippen molar-refractivity contribution in [2.24, 2.45) is 5.92 Å². The molecule has 1 saturated heterocycles. The number of nitrogens with one attached hydrogen (secondary N) is 1. The number of aromatic nitrogens is 4. The van der Waals surface area contributed by atoms with Gasteiger partial charge in [0.25, 0.3) is 0 Å². The molecule has 1 amide bonds. The molecule has 0 aliphatic carbocycles. The second kappa shape index (κ2) is 7.32. The number of rotatable bonds is 5. The first-order valence-electron chi connectivity index (χ1n) is 7.99. The van der Waals surface area contributed by atoms with E-state index in [4.69, 9.17) is 0 Å². The lowest BCUT2D eigenvalue weighted by molar-refractivity contribution is -0.121. The van der Waals surface area contributed by atoms with Crippen LogP contribution in [0.4, 0.5) is 5.82 Å². The van der Waals surface area contributed by atoms with Crippen molar-refractivity contribution in [1.29, 1.82) is 0 Å². The lowest BCUT2D eigenvalue weighted by atomic mass is 9.97. The lowest BCUT2D eigenvalue weighted by Crippen LogP contribution is -2.42. The number of nitrogens with zero attached hydrogens (tertiary/aromatic N) is 5. The van der Waals surface area contributed by atoms with Gasteiger partial charge in [0.05, 0.1) is 12.5 Å². The van der Waals surface area contributed by atoms with Gasteiger partial charge in [0.15, 0.2) is 0 Å². The van der Waals surface area contributed by atoms with Crippen molar-refractivity contribution in [2.75, 3.05) is 25.0 Å². The van der Waals surface area contributed by atoms with Crippen LogP contribution in [0.2, 0.25) is 0 Å². The number of hydrogen-bond acceptors (Lipinski definition) is 5. The summed E-state index contributed by atoms with van der Waals surface area (Å²) in [5.74, 6) is 0.746. The van der Waals surface area contributed by atoms with Gasteiger partial charge in [-0.05, 0) is 37.9 Å². The molecule has 0 radical (unpaired) electrons. The fraction of sp³-hybridized carbons (Fsp3) is 0.500. The molecule has 0 unspecified atom stereocenters. The molecule has 0 saturated carbocycles. The summed E-state index contributed by atoms with van der Waals surface area (Å²) in [5.41, 5.74) is 0.986. The maximum atomic E-state index is 12.5. The van der Waals surface area contributed by atoms with E-state index >= 15 is 0 Å². The van der Waals surface area contributed by atoms with Crippen LogP contribution in [-0.4, -0.2) is 50.2 Å². The third kappa shape index (κ3) is 4.13. The Morgan fingerprint density at radius 1 is 1.43 bits per heavy atom. The Labute approximate surface area is 135 Å². The van der Waals surface area contributed by atoms with Crippen molar-refractivity contribution >= 4 is 11.7 Å². The molecule has 122 valence electrons. The molecule has 1 N–H and O–H groups in total. The van der Waals surface area contributed by atoms with E-state index in [9.17, 15) is 4.79 Å². The molecule has 1 aliphatic rings. The summed E-state index contributed by atoms with van der Waals surface area (Å²) in [7, 11) is 0. The minimum atomic E-state index is 0.0147. The van der Waals surface area contributed by atoms with E-state index in [1.807, 2.05) is 23.7 Å². The highest BCUT2D eigenvalue weighted by atomic mass is 16.2. The predicted molar refractivity (Wildman–Crippen MR) is 86.8 cm³/mol. The highest BCUT2D eigenvalue weighted by Crippen LogP contribution is 2.19. The van der Waals surface area contributed by atoms with Gasteiger partial charge in [-0.1, -0.05) is 6.07 Å². The molecular formula is C16H22N6O. The Morgan fingerprint density at radius 3 is 3.13 bits per heavy atom. The van der Waals surface area contributed by atoms with E-state index in [-0.39, 0.29) is 11.8 Å². The van der Waals surface area contributed by atoms with Crippen molar-refractivity contribution in [2.45, 2.75) is 26.3 Å². The van der Waals surface area contributed by atoms with Gasteiger partial charge in [0, 0.05) is 19.3 Å². The van der Waals surface area contributed by atoms with Crippen molar-refractivity contribution in [3.05, 3.63) is 36.5 Å². The number of aryl methyl sites for hydroxylation is 1. The van der Waals surface area contributed by atoms with Gasteiger partial charge >= 0.3 is 0 Å². The van der Waals surface area contributed by atoms with Crippen molar-refractivity contribution in [3.8, 4) is 0 Å². The summed E-state index contributed by atoms with van der Waals surface area (Å²) < 4.78 is 1.82. The normalized spacial score (nSPS) is 18.7. The molecular weight excluding hydrogens is 292 g/mol. The Hall–Kier alpha value is -2.28. The SMILES string of the molecule is Cc1cccnc1NC(=O)[C@@H]1CCCN(CCn2cncn2)C1. The Kier molecular flexibility index (Phi) is 4.97. The predicted octanol–water partition coefficient (Wildman–Crippen LogP) is 1.33. The molecule has 7 heteroatoms. The quantitative estimate of drug-likeness (QED) is 0.901. The van der Waals surface area contributed by atoms with E-state index in [2.05, 4.69) is 25.3 Å². The smallest absolute Gasteiger partial charge is 0.229 e. The number of piperidine rings is 1. The van der Waals surface area contributed by atoms with Crippen LogP contribution in [0.25, 0.3) is 0 Å². The Morgan fingerprint density at radius 2 is 2.35 bits per heavy atom. The molecule has 2 aromatic rings. The van der Waals surface area contributed by atoms with Crippen LogP contribution in [0.5, 0.6) is 0 Å². The molecule has 1 aliphatic heterocycles. The van der Waals surface area contributed by atoms with Gasteiger partial charge in [0.2, 0.25) is 5.91 Å². The largest absolute Gasteiger partial charge is 0.310 e. The van der Waals surface area contributed by atoms with Crippen LogP contribution in [0.1, 0.15) is 18.4 Å². The minimum absolute atomic E-state index is 0.0147. The van der Waals surface area contributed by atoms with Crippen molar-refractivity contribution < 1.29 is 4.79 Å². The van der Waals surface area contributed by atoms with Crippen LogP contribution >= 0.6 is 0 Å². The summed E-state index contributed by atoms with van der Waals surface area (Å²) in [6, 6.07) is 3.82. The molecule has 0 bridgehead atoms. The number of likely N-dealkylation sites (tertiary alicyclic amines) is 1. The van der Waals surface area contributed by atoms with E-state index in [1.165, 1.54) is 0 Å². The number of amides is 1. The molecule has 0 aromatic carbocycles. The summed E-state index contributed by atoms with van der Waals surface area (Å²) in [6.07, 6.45) is 6.93. The molecule has 2 aromatic heterocycles. The minimum Gasteiger partial charge on any atom is -0.310 e. The van der Waals surface area contributed by atoms with Crippen molar-refractivity contribution in [3.63, 3.8) is 0 Å². The van der Waals surface area contributed by atoms with Gasteiger partial charge in [-0.2, -0.15) is 5.10 Å². The average molecular weight is 314 g/mol. The molecule has 7 nitrogen and oxygen atoms in total. The van der Waals surface area contributed by atoms with Crippen molar-refractivity contribution in [1.82, 2.24) is 24.6 Å². The molecule has 0 spiro atoms. The summed E-state index contributed by atoms with van der Waals surface area (Å²) in [6.45, 7) is 5.45. The molecule has 1 fully saturated rings. The summed E-state index contributed by atoms with van der Waals surface area (Å²) >= 11 is 0. The zero-order chi connectivity index (χ0) is 16.1. The second-order valence-electron chi connectivity index (χ2n) is 5.96. The maximum Gasteiger partial charge on any atom is 0.229 e. The van der Waals surface area contributed by atoms with Crippen LogP contribution < -0.4 is 5.32 Å². The molecule has 1 atom stereocenters. The average Bonchev–Trinajstić information content (AvgIpc) is 3.09. The highest BCUT2D eigenvalue weighted by Gasteiger charge is 2.26. The number of carbonyl (C=O) groups excluding carboxylic acids is 1. The van der Waals surface area contributed by atoms with E-state index < -0.39 is 0 Å². The molecule has 3 heterocycles. The molecule has 3 rings (SSSR count). The topological polar surface area (TPSA) is 75.9 Å².